The van der Waals surface area contributed by atoms with E-state index in [1.165, 1.54) is 19.2 Å². The Labute approximate surface area is 132 Å². The molecule has 1 N–H and O–H groups in total. The highest BCUT2D eigenvalue weighted by atomic mass is 35.5. The van der Waals surface area contributed by atoms with Gasteiger partial charge in [-0.15, -0.1) is 0 Å². The van der Waals surface area contributed by atoms with Gasteiger partial charge < -0.3 is 14.8 Å². The standard InChI is InChI=1S/C15H13Cl2NO3/c1-20-11-5-3-10(4-6-11)18-15(19)9-7-12(16)14(21-2)13(17)8-9/h3-8H,1-2H3,(H,18,19). The summed E-state index contributed by atoms with van der Waals surface area (Å²) < 4.78 is 10.1. The normalized spacial score (nSPS) is 10.1. The number of benzene rings is 2. The second kappa shape index (κ2) is 6.70. The van der Waals surface area contributed by atoms with Crippen LogP contribution in [0.5, 0.6) is 11.5 Å². The molecule has 0 saturated heterocycles. The molecule has 0 heterocycles. The number of ether oxygens (including phenoxy) is 2. The molecule has 0 aliphatic heterocycles. The Balaban J connectivity index is 2.20. The zero-order valence-electron chi connectivity index (χ0n) is 11.4. The van der Waals surface area contributed by atoms with E-state index in [0.717, 1.165) is 0 Å². The highest BCUT2D eigenvalue weighted by Gasteiger charge is 2.13. The Bertz CT molecular complexity index is 633. The van der Waals surface area contributed by atoms with Crippen LogP contribution in [0, 0.1) is 0 Å². The van der Waals surface area contributed by atoms with Gasteiger partial charge in [0.1, 0.15) is 5.75 Å². The van der Waals surface area contributed by atoms with Crippen LogP contribution in [-0.4, -0.2) is 20.1 Å². The number of nitrogens with one attached hydrogen (secondary N) is 1. The Morgan fingerprint density at radius 2 is 1.57 bits per heavy atom. The van der Waals surface area contributed by atoms with E-state index in [0.29, 0.717) is 22.7 Å². The molecule has 0 aliphatic rings. The summed E-state index contributed by atoms with van der Waals surface area (Å²) in [7, 11) is 3.04. The summed E-state index contributed by atoms with van der Waals surface area (Å²) in [6.07, 6.45) is 0. The van der Waals surface area contributed by atoms with Gasteiger partial charge in [0.05, 0.1) is 24.3 Å². The first-order chi connectivity index (χ1) is 10.0. The molecule has 2 aromatic carbocycles. The molecule has 0 spiro atoms. The highest BCUT2D eigenvalue weighted by molar-refractivity contribution is 6.37. The molecule has 0 fully saturated rings. The van der Waals surface area contributed by atoms with Crippen LogP contribution in [0.25, 0.3) is 0 Å². The smallest absolute Gasteiger partial charge is 0.255 e. The first-order valence-corrected chi connectivity index (χ1v) is 6.79. The van der Waals surface area contributed by atoms with Gasteiger partial charge in [0.2, 0.25) is 0 Å². The third kappa shape index (κ3) is 3.60. The number of hydrogen-bond acceptors (Lipinski definition) is 3. The maximum atomic E-state index is 12.2. The summed E-state index contributed by atoms with van der Waals surface area (Å²) >= 11 is 12.0. The molecular weight excluding hydrogens is 313 g/mol. The van der Waals surface area contributed by atoms with Crippen molar-refractivity contribution >= 4 is 34.8 Å². The van der Waals surface area contributed by atoms with E-state index in [1.54, 1.807) is 31.4 Å². The van der Waals surface area contributed by atoms with Gasteiger partial charge in [-0.1, -0.05) is 23.2 Å². The van der Waals surface area contributed by atoms with Crippen molar-refractivity contribution in [1.82, 2.24) is 0 Å². The van der Waals surface area contributed by atoms with Crippen LogP contribution in [-0.2, 0) is 0 Å². The molecule has 6 heteroatoms. The number of carbonyl (C=O) groups excluding carboxylic acids is 1. The Hall–Kier alpha value is -1.91. The third-order valence-electron chi connectivity index (χ3n) is 2.81. The summed E-state index contributed by atoms with van der Waals surface area (Å²) in [4.78, 5) is 12.2. The first-order valence-electron chi connectivity index (χ1n) is 6.03. The summed E-state index contributed by atoms with van der Waals surface area (Å²) in [5.41, 5.74) is 0.991. The molecule has 21 heavy (non-hydrogen) atoms. The second-order valence-electron chi connectivity index (χ2n) is 4.16. The molecule has 0 saturated carbocycles. The Kier molecular flexibility index (Phi) is 4.94. The molecule has 4 nitrogen and oxygen atoms in total. The fourth-order valence-electron chi connectivity index (χ4n) is 1.76. The molecule has 1 amide bonds. The fourth-order valence-corrected chi connectivity index (χ4v) is 2.40. The van der Waals surface area contributed by atoms with Crippen LogP contribution >= 0.6 is 23.2 Å². The molecule has 0 bridgehead atoms. The van der Waals surface area contributed by atoms with Crippen molar-refractivity contribution in [2.24, 2.45) is 0 Å². The van der Waals surface area contributed by atoms with Crippen LogP contribution in [0.3, 0.4) is 0 Å². The highest BCUT2D eigenvalue weighted by Crippen LogP contribution is 2.34. The molecular formula is C15H13Cl2NO3. The number of halogens is 2. The molecule has 2 rings (SSSR count). The van der Waals surface area contributed by atoms with E-state index >= 15 is 0 Å². The monoisotopic (exact) mass is 325 g/mol. The third-order valence-corrected chi connectivity index (χ3v) is 3.37. The molecule has 110 valence electrons. The average molecular weight is 326 g/mol. The Morgan fingerprint density at radius 1 is 1.00 bits per heavy atom. The largest absolute Gasteiger partial charge is 0.497 e. The van der Waals surface area contributed by atoms with Crippen LogP contribution in [0.2, 0.25) is 10.0 Å². The quantitative estimate of drug-likeness (QED) is 0.913. The van der Waals surface area contributed by atoms with E-state index < -0.39 is 0 Å². The molecule has 0 unspecified atom stereocenters. The van der Waals surface area contributed by atoms with Gasteiger partial charge >= 0.3 is 0 Å². The number of carbonyl (C=O) groups is 1. The van der Waals surface area contributed by atoms with E-state index in [2.05, 4.69) is 5.32 Å². The number of hydrogen-bond donors (Lipinski definition) is 1. The number of rotatable bonds is 4. The zero-order chi connectivity index (χ0) is 15.4. The van der Waals surface area contributed by atoms with Gasteiger partial charge in [0, 0.05) is 11.3 Å². The summed E-state index contributed by atoms with van der Waals surface area (Å²) in [6, 6.07) is 10.00. The fraction of sp³-hybridized carbons (Fsp3) is 0.133. The van der Waals surface area contributed by atoms with E-state index in [1.807, 2.05) is 0 Å². The minimum Gasteiger partial charge on any atom is -0.497 e. The molecule has 0 aromatic heterocycles. The average Bonchev–Trinajstić information content (AvgIpc) is 2.47. The van der Waals surface area contributed by atoms with Crippen molar-refractivity contribution in [3.63, 3.8) is 0 Å². The van der Waals surface area contributed by atoms with Gasteiger partial charge in [-0.3, -0.25) is 4.79 Å². The van der Waals surface area contributed by atoms with Crippen molar-refractivity contribution in [2.45, 2.75) is 0 Å². The van der Waals surface area contributed by atoms with Gasteiger partial charge in [0.15, 0.2) is 5.75 Å². The topological polar surface area (TPSA) is 47.6 Å². The number of amides is 1. The minimum atomic E-state index is -0.313. The molecule has 2 aromatic rings. The molecule has 0 radical (unpaired) electrons. The van der Waals surface area contributed by atoms with Gasteiger partial charge in [-0.25, -0.2) is 0 Å². The maximum Gasteiger partial charge on any atom is 0.255 e. The molecule has 0 atom stereocenters. The molecule has 0 aliphatic carbocycles. The van der Waals surface area contributed by atoms with Crippen LogP contribution in [0.15, 0.2) is 36.4 Å². The maximum absolute atomic E-state index is 12.2. The lowest BCUT2D eigenvalue weighted by molar-refractivity contribution is 0.102. The minimum absolute atomic E-state index is 0.282. The van der Waals surface area contributed by atoms with Gasteiger partial charge in [-0.2, -0.15) is 0 Å². The summed E-state index contributed by atoms with van der Waals surface area (Å²) in [5.74, 6) is 0.745. The number of anilines is 1. The van der Waals surface area contributed by atoms with Gasteiger partial charge in [0.25, 0.3) is 5.91 Å². The van der Waals surface area contributed by atoms with Crippen LogP contribution in [0.1, 0.15) is 10.4 Å². The first kappa shape index (κ1) is 15.5. The summed E-state index contributed by atoms with van der Waals surface area (Å²) in [5, 5.41) is 3.31. The van der Waals surface area contributed by atoms with Crippen molar-refractivity contribution in [3.8, 4) is 11.5 Å². The predicted molar refractivity (Wildman–Crippen MR) is 84.0 cm³/mol. The van der Waals surface area contributed by atoms with Gasteiger partial charge in [-0.05, 0) is 36.4 Å². The van der Waals surface area contributed by atoms with E-state index in [9.17, 15) is 4.79 Å². The van der Waals surface area contributed by atoms with Crippen molar-refractivity contribution in [1.29, 1.82) is 0 Å². The lowest BCUT2D eigenvalue weighted by Gasteiger charge is -2.10. The zero-order valence-corrected chi connectivity index (χ0v) is 13.0. The van der Waals surface area contributed by atoms with E-state index in [-0.39, 0.29) is 16.0 Å². The summed E-state index contributed by atoms with van der Waals surface area (Å²) in [6.45, 7) is 0. The van der Waals surface area contributed by atoms with Crippen LogP contribution < -0.4 is 14.8 Å². The van der Waals surface area contributed by atoms with E-state index in [4.69, 9.17) is 32.7 Å². The van der Waals surface area contributed by atoms with Crippen molar-refractivity contribution < 1.29 is 14.3 Å². The van der Waals surface area contributed by atoms with Crippen molar-refractivity contribution in [3.05, 3.63) is 52.0 Å². The SMILES string of the molecule is COc1ccc(NC(=O)c2cc(Cl)c(OC)c(Cl)c2)cc1. The number of methoxy groups -OCH3 is 2. The predicted octanol–water partition coefficient (Wildman–Crippen LogP) is 4.26. The van der Waals surface area contributed by atoms with Crippen LogP contribution in [0.4, 0.5) is 5.69 Å². The second-order valence-corrected chi connectivity index (χ2v) is 4.97. The lowest BCUT2D eigenvalue weighted by atomic mass is 10.2. The lowest BCUT2D eigenvalue weighted by Crippen LogP contribution is -2.12. The van der Waals surface area contributed by atoms with Crippen molar-refractivity contribution in [2.75, 3.05) is 19.5 Å². The Morgan fingerprint density at radius 3 is 2.05 bits per heavy atom.